The van der Waals surface area contributed by atoms with Crippen molar-refractivity contribution in [3.8, 4) is 0 Å². The van der Waals surface area contributed by atoms with E-state index in [2.05, 4.69) is 19.1 Å². The van der Waals surface area contributed by atoms with Crippen LogP contribution in [-0.4, -0.2) is 23.4 Å². The summed E-state index contributed by atoms with van der Waals surface area (Å²) in [5, 5.41) is 8.97. The van der Waals surface area contributed by atoms with Gasteiger partial charge in [-0.1, -0.05) is 100 Å². The van der Waals surface area contributed by atoms with Crippen molar-refractivity contribution in [2.24, 2.45) is 11.7 Å². The van der Waals surface area contributed by atoms with Crippen molar-refractivity contribution < 1.29 is 14.7 Å². The van der Waals surface area contributed by atoms with Crippen molar-refractivity contribution in [3.05, 3.63) is 60.8 Å². The number of nitrogens with two attached hydrogens (primary N) is 1. The Morgan fingerprint density at radius 1 is 0.821 bits per heavy atom. The first-order chi connectivity index (χ1) is 13.6. The molecule has 0 spiro atoms. The molecule has 0 aliphatic carbocycles. The summed E-state index contributed by atoms with van der Waals surface area (Å²) >= 11 is 0. The third kappa shape index (κ3) is 16.0. The maximum absolute atomic E-state index is 11.7. The number of allylic oxidation sites excluding steroid dienone is 10. The predicted molar refractivity (Wildman–Crippen MR) is 118 cm³/mol. The summed E-state index contributed by atoms with van der Waals surface area (Å²) in [4.78, 5) is 22.7. The van der Waals surface area contributed by atoms with Crippen molar-refractivity contribution >= 4 is 11.8 Å². The molecule has 156 valence electrons. The van der Waals surface area contributed by atoms with Crippen LogP contribution in [0.15, 0.2) is 60.8 Å². The van der Waals surface area contributed by atoms with Crippen LogP contribution in [0.25, 0.3) is 0 Å². The fourth-order valence-electron chi connectivity index (χ4n) is 2.60. The molecule has 0 rings (SSSR count). The van der Waals surface area contributed by atoms with E-state index in [0.29, 0.717) is 0 Å². The first-order valence-electron chi connectivity index (χ1n) is 10.4. The molecule has 3 N–H and O–H groups in total. The normalized spacial score (nSPS) is 13.6. The molecule has 0 saturated heterocycles. The molecule has 28 heavy (non-hydrogen) atoms. The van der Waals surface area contributed by atoms with Crippen molar-refractivity contribution in [2.45, 2.75) is 64.7 Å². The predicted octanol–water partition coefficient (Wildman–Crippen LogP) is 5.53. The lowest BCUT2D eigenvalue weighted by Crippen LogP contribution is -2.25. The lowest BCUT2D eigenvalue weighted by atomic mass is 10.00. The third-order valence-electron chi connectivity index (χ3n) is 4.25. The van der Waals surface area contributed by atoms with E-state index in [-0.39, 0.29) is 13.0 Å². The smallest absolute Gasteiger partial charge is 0.314 e. The number of hydrogen-bond acceptors (Lipinski definition) is 3. The Labute approximate surface area is 170 Å². The topological polar surface area (TPSA) is 80.4 Å². The van der Waals surface area contributed by atoms with Crippen LogP contribution in [0.3, 0.4) is 0 Å². The fourth-order valence-corrected chi connectivity index (χ4v) is 2.60. The number of carboxylic acid groups (broad SMARTS) is 1. The highest BCUT2D eigenvalue weighted by Crippen LogP contribution is 2.08. The second-order valence-corrected chi connectivity index (χ2v) is 6.72. The number of ketones is 1. The average Bonchev–Trinajstić information content (AvgIpc) is 2.68. The largest absolute Gasteiger partial charge is 0.481 e. The Balaban J connectivity index is 3.89. The zero-order chi connectivity index (χ0) is 20.9. The van der Waals surface area contributed by atoms with Crippen LogP contribution in [0.1, 0.15) is 64.7 Å². The Kier molecular flexibility index (Phi) is 18.0. The number of carbonyl (C=O) groups is 2. The van der Waals surface area contributed by atoms with Gasteiger partial charge in [-0.05, 0) is 31.9 Å². The van der Waals surface area contributed by atoms with Crippen LogP contribution in [-0.2, 0) is 9.59 Å². The fraction of sp³-hybridized carbons (Fsp3) is 0.500. The first-order valence-corrected chi connectivity index (χ1v) is 10.4. The second-order valence-electron chi connectivity index (χ2n) is 6.72. The highest BCUT2D eigenvalue weighted by molar-refractivity contribution is 6.04. The molecule has 0 aromatic rings. The van der Waals surface area contributed by atoms with E-state index in [1.807, 2.05) is 24.3 Å². The molecule has 0 fully saturated rings. The van der Waals surface area contributed by atoms with E-state index >= 15 is 0 Å². The maximum Gasteiger partial charge on any atom is 0.314 e. The molecule has 0 saturated carbocycles. The van der Waals surface area contributed by atoms with Crippen molar-refractivity contribution in [1.29, 1.82) is 0 Å². The Morgan fingerprint density at radius 2 is 1.36 bits per heavy atom. The molecule has 0 radical (unpaired) electrons. The van der Waals surface area contributed by atoms with E-state index < -0.39 is 17.7 Å². The summed E-state index contributed by atoms with van der Waals surface area (Å²) in [5.41, 5.74) is 5.33. The molecule has 0 aliphatic heterocycles. The van der Waals surface area contributed by atoms with Gasteiger partial charge in [0.15, 0.2) is 5.78 Å². The molecule has 4 nitrogen and oxygen atoms in total. The van der Waals surface area contributed by atoms with E-state index in [9.17, 15) is 9.59 Å². The highest BCUT2D eigenvalue weighted by atomic mass is 16.4. The zero-order valence-corrected chi connectivity index (χ0v) is 17.3. The van der Waals surface area contributed by atoms with Gasteiger partial charge in [-0.2, -0.15) is 0 Å². The minimum absolute atomic E-state index is 0.152. The molecule has 0 heterocycles. The zero-order valence-electron chi connectivity index (χ0n) is 17.3. The van der Waals surface area contributed by atoms with E-state index in [4.69, 9.17) is 10.8 Å². The third-order valence-corrected chi connectivity index (χ3v) is 4.25. The Morgan fingerprint density at radius 3 is 1.93 bits per heavy atom. The van der Waals surface area contributed by atoms with Crippen LogP contribution < -0.4 is 5.73 Å². The SMILES string of the molecule is CCCCCCCCC/C=C/C=C/C=C/C=C/C=C/C(=O)C(CCN)C(=O)O. The summed E-state index contributed by atoms with van der Waals surface area (Å²) in [6.45, 7) is 2.42. The number of carboxylic acids is 1. The summed E-state index contributed by atoms with van der Waals surface area (Å²) in [6.07, 6.45) is 28.9. The molecule has 4 heteroatoms. The minimum atomic E-state index is -1.13. The van der Waals surface area contributed by atoms with Crippen LogP contribution >= 0.6 is 0 Å². The molecule has 0 bridgehead atoms. The number of rotatable bonds is 17. The number of carbonyl (C=O) groups excluding carboxylic acids is 1. The number of aliphatic carboxylic acids is 1. The van der Waals surface area contributed by atoms with Gasteiger partial charge in [0.2, 0.25) is 0 Å². The maximum atomic E-state index is 11.7. The van der Waals surface area contributed by atoms with E-state index in [0.717, 1.165) is 6.42 Å². The molecule has 0 aromatic heterocycles. The van der Waals surface area contributed by atoms with Crippen LogP contribution in [0.4, 0.5) is 0 Å². The van der Waals surface area contributed by atoms with Gasteiger partial charge in [0, 0.05) is 0 Å². The van der Waals surface area contributed by atoms with Gasteiger partial charge < -0.3 is 10.8 Å². The molecule has 0 amide bonds. The molecule has 1 atom stereocenters. The van der Waals surface area contributed by atoms with Gasteiger partial charge in [0.1, 0.15) is 5.92 Å². The quantitative estimate of drug-likeness (QED) is 0.149. The summed E-state index contributed by atoms with van der Waals surface area (Å²) < 4.78 is 0. The highest BCUT2D eigenvalue weighted by Gasteiger charge is 2.22. The molecular formula is C24H37NO3. The Bertz CT molecular complexity index is 556. The van der Waals surface area contributed by atoms with Gasteiger partial charge in [-0.15, -0.1) is 0 Å². The van der Waals surface area contributed by atoms with Crippen LogP contribution in [0.2, 0.25) is 0 Å². The summed E-state index contributed by atoms with van der Waals surface area (Å²) in [7, 11) is 0. The average molecular weight is 388 g/mol. The molecule has 1 unspecified atom stereocenters. The molecular weight excluding hydrogens is 350 g/mol. The number of hydrogen-bond donors (Lipinski definition) is 2. The van der Waals surface area contributed by atoms with Crippen LogP contribution in [0.5, 0.6) is 0 Å². The second kappa shape index (κ2) is 19.6. The summed E-state index contributed by atoms with van der Waals surface area (Å²) in [5.74, 6) is -2.62. The monoisotopic (exact) mass is 387 g/mol. The number of unbranched alkanes of at least 4 members (excludes halogenated alkanes) is 7. The lowest BCUT2D eigenvalue weighted by Gasteiger charge is -2.05. The van der Waals surface area contributed by atoms with E-state index in [1.165, 1.54) is 51.0 Å². The molecule has 0 aromatic carbocycles. The Hall–Kier alpha value is -2.20. The van der Waals surface area contributed by atoms with Gasteiger partial charge in [-0.3, -0.25) is 9.59 Å². The van der Waals surface area contributed by atoms with Crippen molar-refractivity contribution in [3.63, 3.8) is 0 Å². The van der Waals surface area contributed by atoms with Gasteiger partial charge >= 0.3 is 5.97 Å². The van der Waals surface area contributed by atoms with Crippen molar-refractivity contribution in [2.75, 3.05) is 6.54 Å². The summed E-state index contributed by atoms with van der Waals surface area (Å²) in [6, 6.07) is 0. The van der Waals surface area contributed by atoms with E-state index in [1.54, 1.807) is 18.2 Å². The van der Waals surface area contributed by atoms with Crippen LogP contribution in [0, 0.1) is 5.92 Å². The van der Waals surface area contributed by atoms with Crippen molar-refractivity contribution in [1.82, 2.24) is 0 Å². The van der Waals surface area contributed by atoms with Gasteiger partial charge in [0.05, 0.1) is 0 Å². The standard InChI is InChI=1S/C24H37NO3/c1-2-3-4-5-6-7-8-9-10-11-12-13-14-15-16-17-18-19-23(26)22(20-21-25)24(27)28/h10-19,22H,2-9,20-21,25H2,1H3,(H,27,28)/b11-10+,13-12+,15-14+,17-16+,19-18+. The first kappa shape index (κ1) is 25.8. The molecule has 0 aliphatic rings. The van der Waals surface area contributed by atoms with Gasteiger partial charge in [0.25, 0.3) is 0 Å². The minimum Gasteiger partial charge on any atom is -0.481 e. The lowest BCUT2D eigenvalue weighted by molar-refractivity contribution is -0.145. The van der Waals surface area contributed by atoms with Gasteiger partial charge in [-0.25, -0.2) is 0 Å².